The number of carbonyl (C=O) groups excluding carboxylic acids is 2. The lowest BCUT2D eigenvalue weighted by Gasteiger charge is -2.08. The van der Waals surface area contributed by atoms with Gasteiger partial charge in [0.2, 0.25) is 0 Å². The zero-order chi connectivity index (χ0) is 23.2. The van der Waals surface area contributed by atoms with E-state index in [9.17, 15) is 9.59 Å². The molecule has 0 aliphatic carbocycles. The zero-order valence-electron chi connectivity index (χ0n) is 18.0. The molecule has 170 valence electrons. The van der Waals surface area contributed by atoms with Crippen LogP contribution < -0.4 is 14.8 Å². The number of hydrogen-bond donors (Lipinski definition) is 1. The van der Waals surface area contributed by atoms with Crippen molar-refractivity contribution in [2.24, 2.45) is 0 Å². The fraction of sp³-hybridized carbons (Fsp3) is 0.217. The van der Waals surface area contributed by atoms with Crippen LogP contribution in [0.3, 0.4) is 0 Å². The van der Waals surface area contributed by atoms with Crippen LogP contribution in [0, 0.1) is 0 Å². The molecule has 0 spiro atoms. The number of fused-ring (bicyclic) bond motifs is 1. The lowest BCUT2D eigenvalue weighted by atomic mass is 10.1. The Morgan fingerprint density at radius 1 is 1.03 bits per heavy atom. The number of hydrogen-bond acceptors (Lipinski definition) is 9. The molecule has 1 amide bonds. The SMILES string of the molecule is COc1ccc(-c2csc(NC(=O)COC(=O)CCc3nc4ccccc4s3)n2)cc1OC. The van der Waals surface area contributed by atoms with Crippen LogP contribution in [-0.2, 0) is 20.7 Å². The molecule has 0 fully saturated rings. The smallest absolute Gasteiger partial charge is 0.306 e. The highest BCUT2D eigenvalue weighted by molar-refractivity contribution is 7.18. The molecule has 0 atom stereocenters. The normalized spacial score (nSPS) is 10.7. The standard InChI is InChI=1S/C23H21N3O5S2/c1-29-17-8-7-14(11-18(17)30-2)16-13-32-23(25-16)26-20(27)12-31-22(28)10-9-21-24-15-5-3-4-6-19(15)33-21/h3-8,11,13H,9-10,12H2,1-2H3,(H,25,26,27). The number of methoxy groups -OCH3 is 2. The molecule has 0 aliphatic rings. The van der Waals surface area contributed by atoms with Crippen molar-refractivity contribution in [3.8, 4) is 22.8 Å². The highest BCUT2D eigenvalue weighted by atomic mass is 32.1. The zero-order valence-corrected chi connectivity index (χ0v) is 19.6. The van der Waals surface area contributed by atoms with Crippen molar-refractivity contribution in [1.29, 1.82) is 0 Å². The van der Waals surface area contributed by atoms with Gasteiger partial charge in [-0.1, -0.05) is 12.1 Å². The van der Waals surface area contributed by atoms with Gasteiger partial charge in [0.15, 0.2) is 23.2 Å². The van der Waals surface area contributed by atoms with Gasteiger partial charge in [0.1, 0.15) is 0 Å². The fourth-order valence-electron chi connectivity index (χ4n) is 3.07. The molecule has 2 aromatic heterocycles. The first-order chi connectivity index (χ1) is 16.1. The molecule has 0 unspecified atom stereocenters. The molecule has 0 saturated heterocycles. The number of aromatic nitrogens is 2. The molecule has 4 rings (SSSR count). The minimum atomic E-state index is -0.449. The van der Waals surface area contributed by atoms with Gasteiger partial charge in [0.25, 0.3) is 5.91 Å². The summed E-state index contributed by atoms with van der Waals surface area (Å²) in [5.74, 6) is 0.312. The van der Waals surface area contributed by atoms with Gasteiger partial charge in [-0.05, 0) is 30.3 Å². The molecule has 2 heterocycles. The first-order valence-corrected chi connectivity index (χ1v) is 11.7. The number of anilines is 1. The fourth-order valence-corrected chi connectivity index (χ4v) is 4.77. The summed E-state index contributed by atoms with van der Waals surface area (Å²) in [6.45, 7) is -0.371. The third kappa shape index (κ3) is 5.65. The Hall–Kier alpha value is -3.50. The van der Waals surface area contributed by atoms with E-state index in [4.69, 9.17) is 14.2 Å². The molecule has 0 bridgehead atoms. The maximum atomic E-state index is 12.2. The highest BCUT2D eigenvalue weighted by Gasteiger charge is 2.13. The summed E-state index contributed by atoms with van der Waals surface area (Å²) >= 11 is 2.83. The van der Waals surface area contributed by atoms with Gasteiger partial charge < -0.3 is 14.2 Å². The summed E-state index contributed by atoms with van der Waals surface area (Å²) in [5, 5.41) is 5.75. The second kappa shape index (κ2) is 10.4. The van der Waals surface area contributed by atoms with Crippen molar-refractivity contribution in [2.75, 3.05) is 26.1 Å². The molecule has 2 aromatic carbocycles. The van der Waals surface area contributed by atoms with Crippen molar-refractivity contribution in [3.63, 3.8) is 0 Å². The van der Waals surface area contributed by atoms with Gasteiger partial charge in [-0.25, -0.2) is 9.97 Å². The van der Waals surface area contributed by atoms with Gasteiger partial charge in [-0.2, -0.15) is 0 Å². The first kappa shape index (κ1) is 22.7. The quantitative estimate of drug-likeness (QED) is 0.349. The van der Waals surface area contributed by atoms with Gasteiger partial charge >= 0.3 is 5.97 Å². The highest BCUT2D eigenvalue weighted by Crippen LogP contribution is 2.33. The van der Waals surface area contributed by atoms with Crippen LogP contribution in [0.2, 0.25) is 0 Å². The summed E-state index contributed by atoms with van der Waals surface area (Å²) in [7, 11) is 3.14. The molecule has 0 saturated carbocycles. The second-order valence-corrected chi connectivity index (χ2v) is 8.87. The van der Waals surface area contributed by atoms with E-state index < -0.39 is 11.9 Å². The van der Waals surface area contributed by atoms with E-state index in [2.05, 4.69) is 15.3 Å². The number of carbonyl (C=O) groups is 2. The van der Waals surface area contributed by atoms with E-state index in [0.29, 0.717) is 28.7 Å². The van der Waals surface area contributed by atoms with Crippen molar-refractivity contribution in [1.82, 2.24) is 9.97 Å². The Bertz CT molecular complexity index is 1250. The Kier molecular flexibility index (Phi) is 7.16. The van der Waals surface area contributed by atoms with E-state index in [-0.39, 0.29) is 13.0 Å². The third-order valence-electron chi connectivity index (χ3n) is 4.68. The largest absolute Gasteiger partial charge is 0.493 e. The molecule has 0 aliphatic heterocycles. The average molecular weight is 484 g/mol. The van der Waals surface area contributed by atoms with Crippen molar-refractivity contribution in [2.45, 2.75) is 12.8 Å². The Labute approximate surface area is 198 Å². The van der Waals surface area contributed by atoms with E-state index in [0.717, 1.165) is 20.8 Å². The van der Waals surface area contributed by atoms with Crippen LogP contribution >= 0.6 is 22.7 Å². The van der Waals surface area contributed by atoms with Crippen LogP contribution in [0.1, 0.15) is 11.4 Å². The summed E-state index contributed by atoms with van der Waals surface area (Å²) in [6.07, 6.45) is 0.634. The topological polar surface area (TPSA) is 99.6 Å². The molecule has 33 heavy (non-hydrogen) atoms. The number of amides is 1. The summed E-state index contributed by atoms with van der Waals surface area (Å²) in [5.41, 5.74) is 2.43. The minimum Gasteiger partial charge on any atom is -0.493 e. The van der Waals surface area contributed by atoms with Gasteiger partial charge in [0, 0.05) is 17.4 Å². The molecule has 10 heteroatoms. The predicted molar refractivity (Wildman–Crippen MR) is 128 cm³/mol. The number of nitrogens with one attached hydrogen (secondary N) is 1. The lowest BCUT2D eigenvalue weighted by molar-refractivity contribution is -0.147. The van der Waals surface area contributed by atoms with E-state index in [1.165, 1.54) is 11.3 Å². The van der Waals surface area contributed by atoms with Crippen LogP contribution in [-0.4, -0.2) is 42.7 Å². The second-order valence-electron chi connectivity index (χ2n) is 6.89. The number of thiazole rings is 2. The van der Waals surface area contributed by atoms with Crippen LogP contribution in [0.5, 0.6) is 11.5 Å². The monoisotopic (exact) mass is 483 g/mol. The van der Waals surface area contributed by atoms with Gasteiger partial charge in [-0.15, -0.1) is 22.7 Å². The molecule has 1 N–H and O–H groups in total. The van der Waals surface area contributed by atoms with Crippen molar-refractivity contribution >= 4 is 49.9 Å². The van der Waals surface area contributed by atoms with E-state index in [1.54, 1.807) is 31.6 Å². The number of aryl methyl sites for hydroxylation is 1. The summed E-state index contributed by atoms with van der Waals surface area (Å²) < 4.78 is 16.7. The average Bonchev–Trinajstić information content (AvgIpc) is 3.47. The molecule has 0 radical (unpaired) electrons. The van der Waals surface area contributed by atoms with Crippen molar-refractivity contribution in [3.05, 3.63) is 52.9 Å². The Morgan fingerprint density at radius 3 is 2.64 bits per heavy atom. The number of benzene rings is 2. The Balaban J connectivity index is 1.26. The number of ether oxygens (including phenoxy) is 3. The minimum absolute atomic E-state index is 0.161. The Morgan fingerprint density at radius 2 is 1.85 bits per heavy atom. The molecular weight excluding hydrogens is 462 g/mol. The first-order valence-electron chi connectivity index (χ1n) is 10.0. The predicted octanol–water partition coefficient (Wildman–Crippen LogP) is 4.55. The van der Waals surface area contributed by atoms with E-state index in [1.807, 2.05) is 41.8 Å². The summed E-state index contributed by atoms with van der Waals surface area (Å²) in [6, 6.07) is 13.3. The number of rotatable bonds is 9. The third-order valence-corrected chi connectivity index (χ3v) is 6.53. The van der Waals surface area contributed by atoms with Gasteiger partial charge in [0.05, 0.1) is 41.6 Å². The lowest BCUT2D eigenvalue weighted by Crippen LogP contribution is -2.21. The van der Waals surface area contributed by atoms with Crippen LogP contribution in [0.4, 0.5) is 5.13 Å². The van der Waals surface area contributed by atoms with Gasteiger partial charge in [-0.3, -0.25) is 14.9 Å². The van der Waals surface area contributed by atoms with E-state index >= 15 is 0 Å². The molecule has 8 nitrogen and oxygen atoms in total. The summed E-state index contributed by atoms with van der Waals surface area (Å²) in [4.78, 5) is 33.1. The number of nitrogens with zero attached hydrogens (tertiary/aromatic N) is 2. The maximum absolute atomic E-state index is 12.2. The number of para-hydroxylation sites is 1. The van der Waals surface area contributed by atoms with Crippen LogP contribution in [0.15, 0.2) is 47.8 Å². The molecule has 4 aromatic rings. The van der Waals surface area contributed by atoms with Crippen LogP contribution in [0.25, 0.3) is 21.5 Å². The maximum Gasteiger partial charge on any atom is 0.306 e. The molecular formula is C23H21N3O5S2. The van der Waals surface area contributed by atoms with Crippen molar-refractivity contribution < 1.29 is 23.8 Å². The number of esters is 1.